The number of anilines is 1. The molecular weight excluding hydrogens is 381 g/mol. The van der Waals surface area contributed by atoms with Crippen LogP contribution in [0.25, 0.3) is 0 Å². The van der Waals surface area contributed by atoms with Gasteiger partial charge >= 0.3 is 0 Å². The van der Waals surface area contributed by atoms with Crippen LogP contribution in [0, 0.1) is 19.7 Å². The van der Waals surface area contributed by atoms with E-state index in [4.69, 9.17) is 0 Å². The first kappa shape index (κ1) is 21.2. The van der Waals surface area contributed by atoms with Crippen molar-refractivity contribution in [2.75, 3.05) is 11.9 Å². The minimum atomic E-state index is -0.388. The Balaban J connectivity index is 1.75. The average Bonchev–Trinajstić information content (AvgIpc) is 3.02. The summed E-state index contributed by atoms with van der Waals surface area (Å²) >= 11 is 0. The molecule has 156 valence electrons. The van der Waals surface area contributed by atoms with Gasteiger partial charge in [-0.25, -0.2) is 4.39 Å². The van der Waals surface area contributed by atoms with E-state index >= 15 is 0 Å². The SMILES string of the molecule is CCn1nc(C)c(CCN=C(NC(=O)c2ccc(F)cc2)Nc2ccccc2)c1C. The van der Waals surface area contributed by atoms with Gasteiger partial charge in [0.25, 0.3) is 5.91 Å². The minimum Gasteiger partial charge on any atom is -0.326 e. The van der Waals surface area contributed by atoms with E-state index in [1.54, 1.807) is 0 Å². The van der Waals surface area contributed by atoms with Crippen LogP contribution in [0.1, 0.15) is 34.2 Å². The molecule has 0 aliphatic rings. The highest BCUT2D eigenvalue weighted by Gasteiger charge is 2.12. The van der Waals surface area contributed by atoms with Crippen molar-refractivity contribution >= 4 is 17.6 Å². The fourth-order valence-corrected chi connectivity index (χ4v) is 3.23. The molecule has 3 rings (SSSR count). The van der Waals surface area contributed by atoms with Crippen molar-refractivity contribution in [3.8, 4) is 0 Å². The molecule has 0 saturated carbocycles. The Hall–Kier alpha value is -3.48. The maximum absolute atomic E-state index is 13.1. The lowest BCUT2D eigenvalue weighted by Gasteiger charge is -2.12. The van der Waals surface area contributed by atoms with Crippen LogP contribution in [-0.2, 0) is 13.0 Å². The number of rotatable bonds is 6. The molecule has 0 unspecified atom stereocenters. The summed E-state index contributed by atoms with van der Waals surface area (Å²) in [5.41, 5.74) is 4.47. The number of nitrogens with one attached hydrogen (secondary N) is 2. The van der Waals surface area contributed by atoms with Crippen LogP contribution in [0.3, 0.4) is 0 Å². The lowest BCUT2D eigenvalue weighted by atomic mass is 10.1. The molecule has 0 bridgehead atoms. The molecule has 0 fully saturated rings. The van der Waals surface area contributed by atoms with E-state index in [2.05, 4.69) is 34.6 Å². The Morgan fingerprint density at radius 1 is 1.10 bits per heavy atom. The van der Waals surface area contributed by atoms with E-state index in [-0.39, 0.29) is 11.7 Å². The van der Waals surface area contributed by atoms with Crippen molar-refractivity contribution in [1.82, 2.24) is 15.1 Å². The zero-order valence-corrected chi connectivity index (χ0v) is 17.4. The van der Waals surface area contributed by atoms with Crippen LogP contribution in [0.2, 0.25) is 0 Å². The summed E-state index contributed by atoms with van der Waals surface area (Å²) in [4.78, 5) is 17.1. The summed E-state index contributed by atoms with van der Waals surface area (Å²) in [5, 5.41) is 10.5. The molecule has 7 heteroatoms. The number of benzene rings is 2. The van der Waals surface area contributed by atoms with Gasteiger partial charge in [-0.05, 0) is 69.2 Å². The zero-order valence-electron chi connectivity index (χ0n) is 17.4. The second-order valence-corrected chi connectivity index (χ2v) is 6.90. The van der Waals surface area contributed by atoms with Gasteiger partial charge in [-0.15, -0.1) is 0 Å². The van der Waals surface area contributed by atoms with Gasteiger partial charge in [-0.1, -0.05) is 18.2 Å². The van der Waals surface area contributed by atoms with E-state index in [1.807, 2.05) is 41.9 Å². The maximum Gasteiger partial charge on any atom is 0.257 e. The zero-order chi connectivity index (χ0) is 21.5. The number of para-hydroxylation sites is 1. The third kappa shape index (κ3) is 5.31. The number of aromatic nitrogens is 2. The first-order valence-electron chi connectivity index (χ1n) is 9.94. The Kier molecular flexibility index (Phi) is 6.95. The van der Waals surface area contributed by atoms with E-state index in [9.17, 15) is 9.18 Å². The lowest BCUT2D eigenvalue weighted by molar-refractivity contribution is 0.0977. The topological polar surface area (TPSA) is 71.3 Å². The van der Waals surface area contributed by atoms with Crippen molar-refractivity contribution in [2.24, 2.45) is 4.99 Å². The molecule has 2 aromatic carbocycles. The number of hydrogen-bond donors (Lipinski definition) is 2. The second kappa shape index (κ2) is 9.82. The smallest absolute Gasteiger partial charge is 0.257 e. The van der Waals surface area contributed by atoms with Crippen molar-refractivity contribution in [3.63, 3.8) is 0 Å². The van der Waals surface area contributed by atoms with Crippen molar-refractivity contribution in [1.29, 1.82) is 0 Å². The first-order valence-corrected chi connectivity index (χ1v) is 9.94. The number of amides is 1. The van der Waals surface area contributed by atoms with Gasteiger partial charge in [0.15, 0.2) is 0 Å². The van der Waals surface area contributed by atoms with Gasteiger partial charge in [0, 0.05) is 30.0 Å². The number of carbonyl (C=O) groups is 1. The van der Waals surface area contributed by atoms with Crippen molar-refractivity contribution in [3.05, 3.63) is 82.9 Å². The molecule has 0 spiro atoms. The Labute approximate surface area is 175 Å². The van der Waals surface area contributed by atoms with E-state index < -0.39 is 0 Å². The van der Waals surface area contributed by atoms with Gasteiger partial charge in [0.05, 0.1) is 5.69 Å². The average molecular weight is 407 g/mol. The summed E-state index contributed by atoms with van der Waals surface area (Å²) in [7, 11) is 0. The van der Waals surface area contributed by atoms with Gasteiger partial charge in [-0.2, -0.15) is 5.10 Å². The molecule has 0 atom stereocenters. The van der Waals surface area contributed by atoms with Gasteiger partial charge in [-0.3, -0.25) is 19.8 Å². The van der Waals surface area contributed by atoms with E-state index in [1.165, 1.54) is 29.8 Å². The molecule has 0 aliphatic heterocycles. The summed E-state index contributed by atoms with van der Waals surface area (Å²) in [6.07, 6.45) is 0.712. The molecule has 0 radical (unpaired) electrons. The number of aryl methyl sites for hydroxylation is 2. The van der Waals surface area contributed by atoms with Crippen LogP contribution in [0.15, 0.2) is 59.6 Å². The van der Waals surface area contributed by atoms with Crippen molar-refractivity contribution < 1.29 is 9.18 Å². The van der Waals surface area contributed by atoms with E-state index in [0.717, 1.165) is 23.6 Å². The van der Waals surface area contributed by atoms with Crippen LogP contribution >= 0.6 is 0 Å². The summed E-state index contributed by atoms with van der Waals surface area (Å²) in [6.45, 7) is 7.42. The second-order valence-electron chi connectivity index (χ2n) is 6.90. The third-order valence-corrected chi connectivity index (χ3v) is 4.84. The molecule has 0 aliphatic carbocycles. The number of halogens is 1. The minimum absolute atomic E-state index is 0.341. The normalized spacial score (nSPS) is 11.4. The lowest BCUT2D eigenvalue weighted by Crippen LogP contribution is -2.36. The highest BCUT2D eigenvalue weighted by atomic mass is 19.1. The highest BCUT2D eigenvalue weighted by Crippen LogP contribution is 2.14. The van der Waals surface area contributed by atoms with Crippen LogP contribution in [0.5, 0.6) is 0 Å². The third-order valence-electron chi connectivity index (χ3n) is 4.84. The predicted molar refractivity (Wildman–Crippen MR) is 117 cm³/mol. The van der Waals surface area contributed by atoms with Gasteiger partial charge in [0.2, 0.25) is 5.96 Å². The van der Waals surface area contributed by atoms with Crippen LogP contribution in [-0.4, -0.2) is 28.2 Å². The Bertz CT molecular complexity index is 1030. The van der Waals surface area contributed by atoms with Gasteiger partial charge in [0.1, 0.15) is 5.82 Å². The number of aliphatic imine (C=N–C) groups is 1. The first-order chi connectivity index (χ1) is 14.5. The predicted octanol–water partition coefficient (Wildman–Crippen LogP) is 4.10. The summed E-state index contributed by atoms with van der Waals surface area (Å²) in [6, 6.07) is 14.9. The molecule has 30 heavy (non-hydrogen) atoms. The fraction of sp³-hybridized carbons (Fsp3) is 0.261. The summed E-state index contributed by atoms with van der Waals surface area (Å²) in [5.74, 6) is -0.404. The number of hydrogen-bond acceptors (Lipinski definition) is 3. The fourth-order valence-electron chi connectivity index (χ4n) is 3.23. The molecule has 1 heterocycles. The number of nitrogens with zero attached hydrogens (tertiary/aromatic N) is 3. The van der Waals surface area contributed by atoms with Crippen molar-refractivity contribution in [2.45, 2.75) is 33.7 Å². The largest absolute Gasteiger partial charge is 0.326 e. The Morgan fingerprint density at radius 3 is 2.43 bits per heavy atom. The number of guanidine groups is 1. The van der Waals surface area contributed by atoms with E-state index in [0.29, 0.717) is 24.5 Å². The molecule has 1 aromatic heterocycles. The molecule has 0 saturated heterocycles. The maximum atomic E-state index is 13.1. The molecule has 3 aromatic rings. The monoisotopic (exact) mass is 407 g/mol. The summed E-state index contributed by atoms with van der Waals surface area (Å²) < 4.78 is 15.1. The molecular formula is C23H26FN5O. The number of carbonyl (C=O) groups excluding carboxylic acids is 1. The quantitative estimate of drug-likeness (QED) is 0.477. The highest BCUT2D eigenvalue weighted by molar-refractivity contribution is 6.09. The standard InChI is InChI=1S/C23H26FN5O/c1-4-29-17(3)21(16(2)28-29)14-15-25-23(26-20-8-6-5-7-9-20)27-22(30)18-10-12-19(24)13-11-18/h5-13H,4,14-15H2,1-3H3,(H2,25,26,27,30). The van der Waals surface area contributed by atoms with Gasteiger partial charge < -0.3 is 5.32 Å². The molecule has 6 nitrogen and oxygen atoms in total. The van der Waals surface area contributed by atoms with Crippen LogP contribution < -0.4 is 10.6 Å². The molecule has 2 N–H and O–H groups in total. The molecule has 1 amide bonds. The van der Waals surface area contributed by atoms with Crippen LogP contribution in [0.4, 0.5) is 10.1 Å². The Morgan fingerprint density at radius 2 is 1.80 bits per heavy atom.